The third kappa shape index (κ3) is 3.09. The molecule has 2 amide bonds. The van der Waals surface area contributed by atoms with Gasteiger partial charge in [0.2, 0.25) is 0 Å². The van der Waals surface area contributed by atoms with Crippen LogP contribution in [-0.2, 0) is 9.59 Å². The topological polar surface area (TPSA) is 49.4 Å². The zero-order valence-electron chi connectivity index (χ0n) is 10.6. The molecule has 0 radical (unpaired) electrons. The van der Waals surface area contributed by atoms with E-state index >= 15 is 0 Å². The number of benzene rings is 1. The van der Waals surface area contributed by atoms with Gasteiger partial charge in [0.05, 0.1) is 5.69 Å². The standard InChI is InChI=1S/C15H14N2O2/c1-16-11-3-2-4-12-5-7-13(8-6-12)17-14(18)9-10-15(17)19/h5-10,16H,3,11H2,1H3. The number of carbonyl (C=O) groups is 2. The summed E-state index contributed by atoms with van der Waals surface area (Å²) >= 11 is 0. The second kappa shape index (κ2) is 5.98. The smallest absolute Gasteiger partial charge is 0.258 e. The Labute approximate surface area is 112 Å². The molecule has 2 rings (SSSR count). The molecular weight excluding hydrogens is 240 g/mol. The molecule has 0 unspecified atom stereocenters. The summed E-state index contributed by atoms with van der Waals surface area (Å²) in [4.78, 5) is 24.1. The van der Waals surface area contributed by atoms with Gasteiger partial charge in [0, 0.05) is 30.7 Å². The van der Waals surface area contributed by atoms with Crippen molar-refractivity contribution in [2.75, 3.05) is 18.5 Å². The number of amides is 2. The van der Waals surface area contributed by atoms with E-state index in [2.05, 4.69) is 17.2 Å². The highest BCUT2D eigenvalue weighted by Crippen LogP contribution is 2.19. The SMILES string of the molecule is CNCCC#Cc1ccc(N2C(=O)C=CC2=O)cc1. The van der Waals surface area contributed by atoms with E-state index < -0.39 is 0 Å². The zero-order chi connectivity index (χ0) is 13.7. The Balaban J connectivity index is 2.08. The van der Waals surface area contributed by atoms with Crippen molar-refractivity contribution in [1.82, 2.24) is 5.32 Å². The lowest BCUT2D eigenvalue weighted by Crippen LogP contribution is -2.29. The Hall–Kier alpha value is -2.38. The molecule has 0 fully saturated rings. The van der Waals surface area contributed by atoms with E-state index in [0.29, 0.717) is 5.69 Å². The lowest BCUT2D eigenvalue weighted by Gasteiger charge is -2.13. The third-order valence-electron chi connectivity index (χ3n) is 2.67. The van der Waals surface area contributed by atoms with E-state index in [9.17, 15) is 9.59 Å². The summed E-state index contributed by atoms with van der Waals surface area (Å²) in [6.07, 6.45) is 3.33. The normalized spacial score (nSPS) is 13.6. The minimum absolute atomic E-state index is 0.308. The van der Waals surface area contributed by atoms with Crippen LogP contribution in [0, 0.1) is 11.8 Å². The lowest BCUT2D eigenvalue weighted by molar-refractivity contribution is -0.119. The first-order valence-electron chi connectivity index (χ1n) is 6.02. The molecule has 4 heteroatoms. The number of carbonyl (C=O) groups excluding carboxylic acids is 2. The summed E-state index contributed by atoms with van der Waals surface area (Å²) in [6, 6.07) is 7.07. The molecule has 0 saturated carbocycles. The summed E-state index contributed by atoms with van der Waals surface area (Å²) < 4.78 is 0. The van der Waals surface area contributed by atoms with Gasteiger partial charge >= 0.3 is 0 Å². The van der Waals surface area contributed by atoms with Gasteiger partial charge in [-0.05, 0) is 31.3 Å². The van der Waals surface area contributed by atoms with E-state index in [1.165, 1.54) is 12.2 Å². The largest absolute Gasteiger partial charge is 0.319 e. The highest BCUT2D eigenvalue weighted by atomic mass is 16.2. The van der Waals surface area contributed by atoms with Crippen LogP contribution in [-0.4, -0.2) is 25.4 Å². The van der Waals surface area contributed by atoms with Gasteiger partial charge in [0.25, 0.3) is 11.8 Å². The summed E-state index contributed by atoms with van der Waals surface area (Å²) in [5.74, 6) is 5.45. The number of hydrogen-bond acceptors (Lipinski definition) is 3. The molecule has 1 aromatic rings. The van der Waals surface area contributed by atoms with E-state index in [0.717, 1.165) is 23.4 Å². The molecule has 0 spiro atoms. The minimum atomic E-state index is -0.308. The number of hydrogen-bond donors (Lipinski definition) is 1. The van der Waals surface area contributed by atoms with Crippen LogP contribution >= 0.6 is 0 Å². The number of nitrogens with one attached hydrogen (secondary N) is 1. The number of nitrogens with zero attached hydrogens (tertiary/aromatic N) is 1. The van der Waals surface area contributed by atoms with E-state index in [1.54, 1.807) is 24.3 Å². The van der Waals surface area contributed by atoms with Crippen molar-refractivity contribution in [3.05, 3.63) is 42.0 Å². The predicted octanol–water partition coefficient (Wildman–Crippen LogP) is 1.08. The predicted molar refractivity (Wildman–Crippen MR) is 73.5 cm³/mol. The second-order valence-corrected chi connectivity index (χ2v) is 4.05. The Kier molecular flexibility index (Phi) is 4.11. The molecule has 96 valence electrons. The minimum Gasteiger partial charge on any atom is -0.319 e. The quantitative estimate of drug-likeness (QED) is 0.499. The van der Waals surface area contributed by atoms with Crippen LogP contribution in [0.2, 0.25) is 0 Å². The average molecular weight is 254 g/mol. The van der Waals surface area contributed by atoms with Gasteiger partial charge in [0.1, 0.15) is 0 Å². The zero-order valence-corrected chi connectivity index (χ0v) is 10.6. The molecule has 0 saturated heterocycles. The number of imide groups is 1. The number of anilines is 1. The van der Waals surface area contributed by atoms with Crippen molar-refractivity contribution < 1.29 is 9.59 Å². The average Bonchev–Trinajstić information content (AvgIpc) is 2.75. The van der Waals surface area contributed by atoms with E-state index in [-0.39, 0.29) is 11.8 Å². The van der Waals surface area contributed by atoms with Crippen molar-refractivity contribution >= 4 is 17.5 Å². The van der Waals surface area contributed by atoms with Crippen molar-refractivity contribution in [1.29, 1.82) is 0 Å². The fourth-order valence-electron chi connectivity index (χ4n) is 1.70. The summed E-state index contributed by atoms with van der Waals surface area (Å²) in [6.45, 7) is 0.855. The Morgan fingerprint density at radius 2 is 1.74 bits per heavy atom. The van der Waals surface area contributed by atoms with Crippen LogP contribution in [0.3, 0.4) is 0 Å². The van der Waals surface area contributed by atoms with E-state index in [4.69, 9.17) is 0 Å². The van der Waals surface area contributed by atoms with Crippen molar-refractivity contribution in [2.24, 2.45) is 0 Å². The van der Waals surface area contributed by atoms with Gasteiger partial charge in [0.15, 0.2) is 0 Å². The molecule has 0 aromatic heterocycles. The molecule has 0 bridgehead atoms. The molecule has 0 aliphatic carbocycles. The highest BCUT2D eigenvalue weighted by molar-refractivity contribution is 6.28. The molecule has 19 heavy (non-hydrogen) atoms. The maximum absolute atomic E-state index is 11.5. The monoisotopic (exact) mass is 254 g/mol. The Morgan fingerprint density at radius 1 is 1.11 bits per heavy atom. The molecule has 1 aromatic carbocycles. The van der Waals surface area contributed by atoms with Crippen LogP contribution in [0.25, 0.3) is 0 Å². The summed E-state index contributed by atoms with van der Waals surface area (Å²) in [7, 11) is 1.88. The number of rotatable bonds is 3. The fourth-order valence-corrected chi connectivity index (χ4v) is 1.70. The fraction of sp³-hybridized carbons (Fsp3) is 0.200. The van der Waals surface area contributed by atoms with Crippen molar-refractivity contribution in [2.45, 2.75) is 6.42 Å². The van der Waals surface area contributed by atoms with Crippen LogP contribution in [0.15, 0.2) is 36.4 Å². The third-order valence-corrected chi connectivity index (χ3v) is 2.67. The van der Waals surface area contributed by atoms with Gasteiger partial charge < -0.3 is 5.32 Å². The molecule has 0 atom stereocenters. The molecular formula is C15H14N2O2. The van der Waals surface area contributed by atoms with Crippen LogP contribution in [0.4, 0.5) is 5.69 Å². The van der Waals surface area contributed by atoms with E-state index in [1.807, 2.05) is 7.05 Å². The van der Waals surface area contributed by atoms with Crippen molar-refractivity contribution in [3.8, 4) is 11.8 Å². The second-order valence-electron chi connectivity index (χ2n) is 4.05. The van der Waals surface area contributed by atoms with Gasteiger partial charge in [-0.3, -0.25) is 9.59 Å². The van der Waals surface area contributed by atoms with Crippen molar-refractivity contribution in [3.63, 3.8) is 0 Å². The lowest BCUT2D eigenvalue weighted by atomic mass is 10.2. The van der Waals surface area contributed by atoms with Crippen LogP contribution in [0.1, 0.15) is 12.0 Å². The molecule has 4 nitrogen and oxygen atoms in total. The van der Waals surface area contributed by atoms with Gasteiger partial charge in [-0.25, -0.2) is 4.90 Å². The first-order valence-corrected chi connectivity index (χ1v) is 6.02. The van der Waals surface area contributed by atoms with Crippen LogP contribution in [0.5, 0.6) is 0 Å². The van der Waals surface area contributed by atoms with Gasteiger partial charge in [-0.1, -0.05) is 11.8 Å². The molecule has 1 N–H and O–H groups in total. The molecule has 1 aliphatic rings. The summed E-state index contributed by atoms with van der Waals surface area (Å²) in [5.41, 5.74) is 1.44. The highest BCUT2D eigenvalue weighted by Gasteiger charge is 2.24. The van der Waals surface area contributed by atoms with Gasteiger partial charge in [-0.15, -0.1) is 0 Å². The summed E-state index contributed by atoms with van der Waals surface area (Å²) in [5, 5.41) is 3.02. The maximum Gasteiger partial charge on any atom is 0.258 e. The Bertz CT molecular complexity index is 558. The first kappa shape index (κ1) is 13.1. The first-order chi connectivity index (χ1) is 9.22. The maximum atomic E-state index is 11.5. The molecule has 1 aliphatic heterocycles. The van der Waals surface area contributed by atoms with Gasteiger partial charge in [-0.2, -0.15) is 0 Å². The molecule has 1 heterocycles. The Morgan fingerprint density at radius 3 is 2.32 bits per heavy atom. The van der Waals surface area contributed by atoms with Crippen LogP contribution < -0.4 is 10.2 Å².